The normalized spacial score (nSPS) is 17.4. The Morgan fingerprint density at radius 2 is 2.23 bits per heavy atom. The third kappa shape index (κ3) is 3.66. The number of carbonyl (C=O) groups excluding carboxylic acids is 1. The monoisotopic (exact) mass is 387 g/mol. The molecule has 7 heteroatoms. The summed E-state index contributed by atoms with van der Waals surface area (Å²) in [7, 11) is 0. The van der Waals surface area contributed by atoms with Gasteiger partial charge in [-0.3, -0.25) is 9.78 Å². The zero-order chi connectivity index (χ0) is 17.9. The van der Waals surface area contributed by atoms with E-state index in [1.807, 2.05) is 29.2 Å². The van der Waals surface area contributed by atoms with Crippen LogP contribution in [0.15, 0.2) is 46.6 Å². The highest BCUT2D eigenvalue weighted by molar-refractivity contribution is 7.11. The second-order valence-corrected chi connectivity index (χ2v) is 7.68. The molecule has 0 saturated carbocycles. The van der Waals surface area contributed by atoms with Crippen molar-refractivity contribution in [2.24, 2.45) is 0 Å². The number of amides is 1. The smallest absolute Gasteiger partial charge is 0.265 e. The number of aromatic nitrogens is 2. The van der Waals surface area contributed by atoms with Gasteiger partial charge >= 0.3 is 0 Å². The molecular weight excluding hydrogens is 370 g/mol. The van der Waals surface area contributed by atoms with Gasteiger partial charge in [0.2, 0.25) is 0 Å². The van der Waals surface area contributed by atoms with E-state index in [1.165, 1.54) is 11.3 Å². The van der Waals surface area contributed by atoms with Crippen molar-refractivity contribution in [1.29, 1.82) is 0 Å². The Kier molecular flexibility index (Phi) is 5.04. The zero-order valence-electron chi connectivity index (χ0n) is 14.1. The summed E-state index contributed by atoms with van der Waals surface area (Å²) in [5, 5.41) is 0.726. The molecule has 1 saturated heterocycles. The first-order valence-corrected chi connectivity index (χ1v) is 9.82. The first kappa shape index (κ1) is 17.2. The van der Waals surface area contributed by atoms with E-state index < -0.39 is 0 Å². The van der Waals surface area contributed by atoms with E-state index in [0.29, 0.717) is 23.7 Å². The van der Waals surface area contributed by atoms with Gasteiger partial charge in [0.15, 0.2) is 5.89 Å². The van der Waals surface area contributed by atoms with Gasteiger partial charge in [-0.25, -0.2) is 4.98 Å². The van der Waals surface area contributed by atoms with Crippen LogP contribution in [0.2, 0.25) is 5.02 Å². The number of hydrogen-bond acceptors (Lipinski definition) is 5. The number of carbonyl (C=O) groups is 1. The lowest BCUT2D eigenvalue weighted by Crippen LogP contribution is -2.38. The fraction of sp³-hybridized carbons (Fsp3) is 0.316. The second kappa shape index (κ2) is 7.60. The van der Waals surface area contributed by atoms with Gasteiger partial charge in [-0.2, -0.15) is 0 Å². The van der Waals surface area contributed by atoms with Crippen LogP contribution in [0.1, 0.15) is 45.6 Å². The summed E-state index contributed by atoms with van der Waals surface area (Å²) in [6.45, 7) is 1.39. The highest BCUT2D eigenvalue weighted by Crippen LogP contribution is 2.29. The first-order valence-electron chi connectivity index (χ1n) is 8.56. The van der Waals surface area contributed by atoms with Crippen molar-refractivity contribution >= 4 is 28.8 Å². The van der Waals surface area contributed by atoms with Crippen molar-refractivity contribution in [3.05, 3.63) is 69.3 Å². The third-order valence-electron chi connectivity index (χ3n) is 4.59. The van der Waals surface area contributed by atoms with Crippen LogP contribution >= 0.6 is 22.9 Å². The molecule has 4 rings (SSSR count). The van der Waals surface area contributed by atoms with Crippen molar-refractivity contribution < 1.29 is 9.21 Å². The van der Waals surface area contributed by atoms with E-state index in [1.54, 1.807) is 17.9 Å². The molecule has 5 nitrogen and oxygen atoms in total. The predicted octanol–water partition coefficient (Wildman–Crippen LogP) is 4.40. The van der Waals surface area contributed by atoms with Crippen molar-refractivity contribution in [2.45, 2.75) is 25.2 Å². The minimum absolute atomic E-state index is 0.0417. The summed E-state index contributed by atoms with van der Waals surface area (Å²) in [5.74, 6) is 1.66. The van der Waals surface area contributed by atoms with Gasteiger partial charge in [0, 0.05) is 24.5 Å². The van der Waals surface area contributed by atoms with E-state index >= 15 is 0 Å². The maximum Gasteiger partial charge on any atom is 0.265 e. The molecule has 1 amide bonds. The molecule has 1 aliphatic rings. The van der Waals surface area contributed by atoms with E-state index in [0.717, 1.165) is 35.7 Å². The standard InChI is InChI=1S/C19H18ClN3O2S/c20-16-6-2-1-4-13(16)8-15-9-22-18(25-15)14-5-3-7-23(11-14)19(24)17-10-21-12-26-17/h1-2,4,6,9-10,12,14H,3,5,7-8,11H2/t14-/m1/s1. The van der Waals surface area contributed by atoms with Crippen molar-refractivity contribution in [3.8, 4) is 0 Å². The van der Waals surface area contributed by atoms with Crippen LogP contribution in [-0.4, -0.2) is 33.9 Å². The van der Waals surface area contributed by atoms with Crippen molar-refractivity contribution in [2.75, 3.05) is 13.1 Å². The molecule has 0 radical (unpaired) electrons. The maximum atomic E-state index is 12.6. The Morgan fingerprint density at radius 1 is 1.35 bits per heavy atom. The second-order valence-electron chi connectivity index (χ2n) is 6.39. The maximum absolute atomic E-state index is 12.6. The number of hydrogen-bond donors (Lipinski definition) is 0. The van der Waals surface area contributed by atoms with Gasteiger partial charge in [-0.05, 0) is 24.5 Å². The average molecular weight is 388 g/mol. The van der Waals surface area contributed by atoms with Gasteiger partial charge in [-0.1, -0.05) is 29.8 Å². The number of oxazole rings is 1. The van der Waals surface area contributed by atoms with Crippen LogP contribution in [-0.2, 0) is 6.42 Å². The summed E-state index contributed by atoms with van der Waals surface area (Å²) in [4.78, 5) is 23.6. The molecule has 1 atom stereocenters. The molecule has 26 heavy (non-hydrogen) atoms. The summed E-state index contributed by atoms with van der Waals surface area (Å²) >= 11 is 7.60. The van der Waals surface area contributed by atoms with Gasteiger partial charge in [-0.15, -0.1) is 11.3 Å². The number of piperidine rings is 1. The SMILES string of the molecule is O=C(c1cncs1)N1CCC[C@@H](c2ncc(Cc3ccccc3Cl)o2)C1. The van der Waals surface area contributed by atoms with Crippen molar-refractivity contribution in [1.82, 2.24) is 14.9 Å². The molecule has 0 spiro atoms. The molecule has 3 aromatic rings. The molecule has 3 heterocycles. The third-order valence-corrected chi connectivity index (χ3v) is 5.72. The number of halogens is 1. The molecule has 1 aliphatic heterocycles. The predicted molar refractivity (Wildman–Crippen MR) is 101 cm³/mol. The molecule has 0 aliphatic carbocycles. The van der Waals surface area contributed by atoms with Crippen LogP contribution in [0, 0.1) is 0 Å². The Labute approximate surface area is 160 Å². The number of rotatable bonds is 4. The fourth-order valence-electron chi connectivity index (χ4n) is 3.26. The van der Waals surface area contributed by atoms with E-state index in [-0.39, 0.29) is 11.8 Å². The molecule has 0 unspecified atom stereocenters. The van der Waals surface area contributed by atoms with Gasteiger partial charge in [0.1, 0.15) is 10.6 Å². The lowest BCUT2D eigenvalue weighted by molar-refractivity contribution is 0.0702. The number of benzene rings is 1. The summed E-state index contributed by atoms with van der Waals surface area (Å²) in [6.07, 6.45) is 5.92. The Bertz CT molecular complexity index is 894. The molecule has 134 valence electrons. The number of likely N-dealkylation sites (tertiary alicyclic amines) is 1. The van der Waals surface area contributed by atoms with E-state index in [4.69, 9.17) is 16.0 Å². The topological polar surface area (TPSA) is 59.2 Å². The first-order chi connectivity index (χ1) is 12.7. The van der Waals surface area contributed by atoms with Crippen molar-refractivity contribution in [3.63, 3.8) is 0 Å². The van der Waals surface area contributed by atoms with Crippen LogP contribution in [0.3, 0.4) is 0 Å². The van der Waals surface area contributed by atoms with Gasteiger partial charge < -0.3 is 9.32 Å². The Hall–Kier alpha value is -2.18. The lowest BCUT2D eigenvalue weighted by atomic mass is 9.98. The molecule has 2 aromatic heterocycles. The van der Waals surface area contributed by atoms with E-state index in [9.17, 15) is 4.79 Å². The minimum Gasteiger partial charge on any atom is -0.445 e. The highest BCUT2D eigenvalue weighted by atomic mass is 35.5. The van der Waals surface area contributed by atoms with Crippen LogP contribution in [0.5, 0.6) is 0 Å². The molecule has 1 aromatic carbocycles. The summed E-state index contributed by atoms with van der Waals surface area (Å²) in [5.41, 5.74) is 2.70. The fourth-order valence-corrected chi connectivity index (χ4v) is 4.05. The Morgan fingerprint density at radius 3 is 3.04 bits per heavy atom. The number of nitrogens with zero attached hydrogens (tertiary/aromatic N) is 3. The molecule has 1 fully saturated rings. The Balaban J connectivity index is 1.45. The zero-order valence-corrected chi connectivity index (χ0v) is 15.7. The largest absolute Gasteiger partial charge is 0.445 e. The lowest BCUT2D eigenvalue weighted by Gasteiger charge is -2.30. The minimum atomic E-state index is 0.0417. The highest BCUT2D eigenvalue weighted by Gasteiger charge is 2.29. The molecule has 0 N–H and O–H groups in total. The quantitative estimate of drug-likeness (QED) is 0.665. The summed E-state index contributed by atoms with van der Waals surface area (Å²) in [6, 6.07) is 7.73. The van der Waals surface area contributed by atoms with Gasteiger partial charge in [0.25, 0.3) is 5.91 Å². The average Bonchev–Trinajstić information content (AvgIpc) is 3.35. The van der Waals surface area contributed by atoms with Crippen LogP contribution in [0.25, 0.3) is 0 Å². The van der Waals surface area contributed by atoms with Gasteiger partial charge in [0.05, 0.1) is 23.8 Å². The molecular formula is C19H18ClN3O2S. The van der Waals surface area contributed by atoms with Crippen LogP contribution < -0.4 is 0 Å². The number of thiazole rings is 1. The van der Waals surface area contributed by atoms with E-state index in [2.05, 4.69) is 9.97 Å². The van der Waals surface area contributed by atoms with Crippen LogP contribution in [0.4, 0.5) is 0 Å². The summed E-state index contributed by atoms with van der Waals surface area (Å²) < 4.78 is 5.98. The molecule has 0 bridgehead atoms.